The number of benzene rings is 1. The zero-order valence-corrected chi connectivity index (χ0v) is 15.4. The topological polar surface area (TPSA) is 44.5 Å². The van der Waals surface area contributed by atoms with Gasteiger partial charge in [-0.2, -0.15) is 0 Å². The van der Waals surface area contributed by atoms with Crippen molar-refractivity contribution < 1.29 is 9.47 Å². The van der Waals surface area contributed by atoms with Crippen LogP contribution in [0.4, 0.5) is 0 Å². The monoisotopic (exact) mass is 331 g/mol. The Kier molecular flexibility index (Phi) is 7.47. The second-order valence-electron chi connectivity index (χ2n) is 7.77. The van der Waals surface area contributed by atoms with E-state index in [1.54, 1.807) is 0 Å². The molecular weight excluding hydrogens is 298 g/mol. The van der Waals surface area contributed by atoms with Crippen LogP contribution in [0.2, 0.25) is 0 Å². The molecule has 2 rings (SSSR count). The minimum Gasteiger partial charge on any atom is -0.352 e. The molecular formula is C21H33NO2. The van der Waals surface area contributed by atoms with Crippen molar-refractivity contribution in [2.45, 2.75) is 58.8 Å². The molecule has 1 saturated heterocycles. The molecule has 0 amide bonds. The SMILES string of the molecule is C[C@@H](/C=C/CCc1ccccc1)[C@H](N)CCC1OCC(C)(C)CO1. The molecule has 0 spiro atoms. The standard InChI is InChI=1S/C21H33NO2/c1-17(9-7-8-12-18-10-5-4-6-11-18)19(22)13-14-20-23-15-21(2,3)16-24-20/h4-7,9-11,17,19-20H,8,12-16,22H2,1-3H3/b9-7+/t17-,19+/m0/s1. The van der Waals surface area contributed by atoms with Crippen LogP contribution in [0.15, 0.2) is 42.5 Å². The first kappa shape index (κ1) is 19.2. The number of rotatable bonds is 8. The minimum absolute atomic E-state index is 0.0849. The number of hydrogen-bond acceptors (Lipinski definition) is 3. The van der Waals surface area contributed by atoms with Gasteiger partial charge < -0.3 is 15.2 Å². The highest BCUT2D eigenvalue weighted by atomic mass is 16.7. The largest absolute Gasteiger partial charge is 0.352 e. The highest BCUT2D eigenvalue weighted by Gasteiger charge is 2.28. The lowest BCUT2D eigenvalue weighted by Crippen LogP contribution is -2.38. The van der Waals surface area contributed by atoms with Crippen molar-refractivity contribution in [2.75, 3.05) is 13.2 Å². The summed E-state index contributed by atoms with van der Waals surface area (Å²) in [5, 5.41) is 0. The molecule has 2 N–H and O–H groups in total. The summed E-state index contributed by atoms with van der Waals surface area (Å²) < 4.78 is 11.6. The number of ether oxygens (including phenoxy) is 2. The Labute approximate surface area is 147 Å². The molecule has 1 aromatic carbocycles. The van der Waals surface area contributed by atoms with Crippen molar-refractivity contribution in [1.29, 1.82) is 0 Å². The zero-order valence-electron chi connectivity index (χ0n) is 15.4. The van der Waals surface area contributed by atoms with Crippen LogP contribution in [0.1, 0.15) is 45.6 Å². The summed E-state index contributed by atoms with van der Waals surface area (Å²) in [6, 6.07) is 10.7. The van der Waals surface area contributed by atoms with E-state index in [2.05, 4.69) is 63.3 Å². The van der Waals surface area contributed by atoms with E-state index >= 15 is 0 Å². The molecule has 0 radical (unpaired) electrons. The molecule has 2 atom stereocenters. The van der Waals surface area contributed by atoms with Gasteiger partial charge in [0.2, 0.25) is 0 Å². The number of aryl methyl sites for hydroxylation is 1. The van der Waals surface area contributed by atoms with E-state index in [-0.39, 0.29) is 17.7 Å². The first-order valence-electron chi connectivity index (χ1n) is 9.16. The Bertz CT molecular complexity index is 488. The van der Waals surface area contributed by atoms with Gasteiger partial charge in [0.05, 0.1) is 13.2 Å². The first-order valence-corrected chi connectivity index (χ1v) is 9.16. The fourth-order valence-electron chi connectivity index (χ4n) is 2.83. The second-order valence-corrected chi connectivity index (χ2v) is 7.77. The Morgan fingerprint density at radius 3 is 2.54 bits per heavy atom. The van der Waals surface area contributed by atoms with Gasteiger partial charge in [0, 0.05) is 11.5 Å². The molecule has 3 nitrogen and oxygen atoms in total. The van der Waals surface area contributed by atoms with Crippen LogP contribution >= 0.6 is 0 Å². The van der Waals surface area contributed by atoms with Crippen molar-refractivity contribution in [3.8, 4) is 0 Å². The van der Waals surface area contributed by atoms with Crippen molar-refractivity contribution in [2.24, 2.45) is 17.1 Å². The average Bonchev–Trinajstić information content (AvgIpc) is 2.58. The molecule has 3 heteroatoms. The Balaban J connectivity index is 1.63. The predicted octanol–water partition coefficient (Wildman–Crippen LogP) is 4.32. The van der Waals surface area contributed by atoms with Crippen LogP contribution in [-0.2, 0) is 15.9 Å². The third kappa shape index (κ3) is 6.76. The van der Waals surface area contributed by atoms with Gasteiger partial charge in [-0.05, 0) is 37.2 Å². The summed E-state index contributed by atoms with van der Waals surface area (Å²) in [6.45, 7) is 8.05. The smallest absolute Gasteiger partial charge is 0.157 e. The lowest BCUT2D eigenvalue weighted by Gasteiger charge is -2.35. The van der Waals surface area contributed by atoms with Crippen molar-refractivity contribution in [1.82, 2.24) is 0 Å². The molecule has 0 saturated carbocycles. The van der Waals surface area contributed by atoms with E-state index < -0.39 is 0 Å². The Hall–Kier alpha value is -1.16. The molecule has 0 aliphatic carbocycles. The lowest BCUT2D eigenvalue weighted by atomic mass is 9.94. The summed E-state index contributed by atoms with van der Waals surface area (Å²) in [7, 11) is 0. The maximum atomic E-state index is 6.32. The van der Waals surface area contributed by atoms with Crippen molar-refractivity contribution in [3.63, 3.8) is 0 Å². The Morgan fingerprint density at radius 1 is 1.21 bits per heavy atom. The Morgan fingerprint density at radius 2 is 1.88 bits per heavy atom. The zero-order chi connectivity index (χ0) is 17.4. The molecule has 134 valence electrons. The molecule has 0 bridgehead atoms. The van der Waals surface area contributed by atoms with Crippen molar-refractivity contribution >= 4 is 0 Å². The summed E-state index contributed by atoms with van der Waals surface area (Å²) >= 11 is 0. The molecule has 1 heterocycles. The number of hydrogen-bond donors (Lipinski definition) is 1. The first-order chi connectivity index (χ1) is 11.5. The van der Waals surface area contributed by atoms with Gasteiger partial charge in [-0.1, -0.05) is 63.3 Å². The van der Waals surface area contributed by atoms with Crippen molar-refractivity contribution in [3.05, 3.63) is 48.0 Å². The van der Waals surface area contributed by atoms with Gasteiger partial charge in [-0.25, -0.2) is 0 Å². The second kappa shape index (κ2) is 9.36. The fourth-order valence-corrected chi connectivity index (χ4v) is 2.83. The van der Waals surface area contributed by atoms with E-state index in [1.807, 2.05) is 0 Å². The third-order valence-electron chi connectivity index (χ3n) is 4.61. The molecule has 1 aromatic rings. The average molecular weight is 332 g/mol. The van der Waals surface area contributed by atoms with E-state index in [1.165, 1.54) is 5.56 Å². The number of allylic oxidation sites excluding steroid dienone is 1. The van der Waals surface area contributed by atoms with Gasteiger partial charge in [-0.3, -0.25) is 0 Å². The molecule has 0 aromatic heterocycles. The van der Waals surface area contributed by atoms with Gasteiger partial charge in [0.1, 0.15) is 0 Å². The normalized spacial score (nSPS) is 21.0. The lowest BCUT2D eigenvalue weighted by molar-refractivity contribution is -0.224. The third-order valence-corrected chi connectivity index (χ3v) is 4.61. The predicted molar refractivity (Wildman–Crippen MR) is 99.7 cm³/mol. The van der Waals surface area contributed by atoms with Crippen LogP contribution < -0.4 is 5.73 Å². The fraction of sp³-hybridized carbons (Fsp3) is 0.619. The van der Waals surface area contributed by atoms with Crippen LogP contribution in [-0.4, -0.2) is 25.5 Å². The quantitative estimate of drug-likeness (QED) is 0.722. The van der Waals surface area contributed by atoms with E-state index in [4.69, 9.17) is 15.2 Å². The highest BCUT2D eigenvalue weighted by molar-refractivity contribution is 5.15. The van der Waals surface area contributed by atoms with Gasteiger partial charge >= 0.3 is 0 Å². The van der Waals surface area contributed by atoms with Gasteiger partial charge in [-0.15, -0.1) is 0 Å². The number of nitrogens with two attached hydrogens (primary N) is 1. The molecule has 24 heavy (non-hydrogen) atoms. The van der Waals surface area contributed by atoms with Crippen LogP contribution in [0.5, 0.6) is 0 Å². The molecule has 1 aliphatic rings. The molecule has 1 fully saturated rings. The highest BCUT2D eigenvalue weighted by Crippen LogP contribution is 2.25. The summed E-state index contributed by atoms with van der Waals surface area (Å²) in [5.41, 5.74) is 7.83. The van der Waals surface area contributed by atoms with E-state index in [9.17, 15) is 0 Å². The molecule has 0 unspecified atom stereocenters. The summed E-state index contributed by atoms with van der Waals surface area (Å²) in [4.78, 5) is 0. The van der Waals surface area contributed by atoms with Gasteiger partial charge in [0.15, 0.2) is 6.29 Å². The minimum atomic E-state index is -0.0849. The van der Waals surface area contributed by atoms with Crippen LogP contribution in [0.25, 0.3) is 0 Å². The summed E-state index contributed by atoms with van der Waals surface area (Å²) in [6.07, 6.45) is 8.37. The summed E-state index contributed by atoms with van der Waals surface area (Å²) in [5.74, 6) is 0.376. The van der Waals surface area contributed by atoms with Gasteiger partial charge in [0.25, 0.3) is 0 Å². The maximum absolute atomic E-state index is 6.32. The maximum Gasteiger partial charge on any atom is 0.157 e. The van der Waals surface area contributed by atoms with Crippen LogP contribution in [0, 0.1) is 11.3 Å². The van der Waals surface area contributed by atoms with Crippen LogP contribution in [0.3, 0.4) is 0 Å². The van der Waals surface area contributed by atoms with E-state index in [0.717, 1.165) is 38.9 Å². The molecule has 1 aliphatic heterocycles. The van der Waals surface area contributed by atoms with E-state index in [0.29, 0.717) is 5.92 Å².